The number of ether oxygens (including phenoxy) is 1. The molecule has 0 unspecified atom stereocenters. The lowest BCUT2D eigenvalue weighted by molar-refractivity contribution is 0.0516. The van der Waals surface area contributed by atoms with Crippen molar-refractivity contribution in [2.24, 2.45) is 5.16 Å². The second kappa shape index (κ2) is 8.95. The molecule has 0 bridgehead atoms. The summed E-state index contributed by atoms with van der Waals surface area (Å²) in [6.45, 7) is 4.64. The molecule has 0 radical (unpaired) electrons. The highest BCUT2D eigenvalue weighted by Gasteiger charge is 2.18. The molecule has 0 saturated heterocycles. The minimum atomic E-state index is -0.483. The van der Waals surface area contributed by atoms with E-state index in [0.29, 0.717) is 17.9 Å². The molecule has 0 atom stereocenters. The Hall–Kier alpha value is -3.40. The molecule has 3 aromatic carbocycles. The maximum absolute atomic E-state index is 12.3. The number of benzene rings is 3. The fourth-order valence-corrected chi connectivity index (χ4v) is 3.61. The van der Waals surface area contributed by atoms with Gasteiger partial charge in [-0.25, -0.2) is 4.79 Å². The zero-order chi connectivity index (χ0) is 20.9. The fraction of sp³-hybridized carbons (Fsp3) is 0.231. The summed E-state index contributed by atoms with van der Waals surface area (Å²) in [5.74, 6) is 0.266. The summed E-state index contributed by atoms with van der Waals surface area (Å²) in [5.41, 5.74) is 7.23. The minimum Gasteiger partial charge on any atom is -0.494 e. The number of carbonyl (C=O) groups excluding carboxylic acids is 1. The summed E-state index contributed by atoms with van der Waals surface area (Å²) in [6.07, 6.45) is 3.00. The van der Waals surface area contributed by atoms with E-state index in [1.54, 1.807) is 24.3 Å². The molecule has 152 valence electrons. The fourth-order valence-electron chi connectivity index (χ4n) is 3.61. The van der Waals surface area contributed by atoms with Crippen LogP contribution in [0.3, 0.4) is 0 Å². The summed E-state index contributed by atoms with van der Waals surface area (Å²) in [7, 11) is 0. The van der Waals surface area contributed by atoms with Crippen LogP contribution >= 0.6 is 0 Å². The van der Waals surface area contributed by atoms with Crippen molar-refractivity contribution in [3.63, 3.8) is 0 Å². The Bertz CT molecular complexity index is 1080. The number of unbranched alkanes of at least 4 members (excludes halogenated alkanes) is 1. The maximum Gasteiger partial charge on any atom is 0.365 e. The van der Waals surface area contributed by atoms with Gasteiger partial charge in [-0.2, -0.15) is 0 Å². The first-order chi connectivity index (χ1) is 14.7. The van der Waals surface area contributed by atoms with Crippen molar-refractivity contribution >= 4 is 11.7 Å². The van der Waals surface area contributed by atoms with Gasteiger partial charge in [0.05, 0.1) is 17.9 Å². The van der Waals surface area contributed by atoms with Gasteiger partial charge in [-0.1, -0.05) is 54.9 Å². The van der Waals surface area contributed by atoms with E-state index >= 15 is 0 Å². The number of fused-ring (bicyclic) bond motifs is 3. The first-order valence-corrected chi connectivity index (χ1v) is 10.4. The number of oxime groups is 1. The predicted octanol–water partition coefficient (Wildman–Crippen LogP) is 6.02. The van der Waals surface area contributed by atoms with Gasteiger partial charge >= 0.3 is 5.97 Å². The molecule has 0 aromatic heterocycles. The van der Waals surface area contributed by atoms with Crippen LogP contribution in [-0.2, 0) is 11.3 Å². The van der Waals surface area contributed by atoms with Crippen LogP contribution in [0.25, 0.3) is 11.1 Å². The SMILES string of the molecule is CCCCOc1ccc(C(=O)O/N=C(/C)c2ccc3c(c2)Cc2ccccc2-3)cc1. The average molecular weight is 399 g/mol. The van der Waals surface area contributed by atoms with E-state index < -0.39 is 5.97 Å². The largest absolute Gasteiger partial charge is 0.494 e. The van der Waals surface area contributed by atoms with Crippen molar-refractivity contribution in [3.8, 4) is 16.9 Å². The highest BCUT2D eigenvalue weighted by molar-refractivity contribution is 6.00. The first kappa shape index (κ1) is 19.9. The standard InChI is InChI=1S/C26H25NO3/c1-3-4-15-29-23-12-9-19(10-13-23)26(28)30-27-18(2)20-11-14-25-22(16-20)17-21-7-5-6-8-24(21)25/h5-14,16H,3-4,15,17H2,1-2H3/b27-18-. The molecule has 0 spiro atoms. The summed E-state index contributed by atoms with van der Waals surface area (Å²) >= 11 is 0. The van der Waals surface area contributed by atoms with E-state index in [1.807, 2.05) is 13.0 Å². The first-order valence-electron chi connectivity index (χ1n) is 10.4. The van der Waals surface area contributed by atoms with E-state index in [-0.39, 0.29) is 0 Å². The van der Waals surface area contributed by atoms with Crippen molar-refractivity contribution in [2.75, 3.05) is 6.61 Å². The van der Waals surface area contributed by atoms with Crippen molar-refractivity contribution in [2.45, 2.75) is 33.1 Å². The zero-order valence-corrected chi connectivity index (χ0v) is 17.4. The second-order valence-corrected chi connectivity index (χ2v) is 7.49. The molecule has 3 aromatic rings. The Morgan fingerprint density at radius 2 is 1.67 bits per heavy atom. The molecule has 4 nitrogen and oxygen atoms in total. The van der Waals surface area contributed by atoms with E-state index in [1.165, 1.54) is 22.3 Å². The van der Waals surface area contributed by atoms with Gasteiger partial charge in [0.2, 0.25) is 0 Å². The molecule has 1 aliphatic carbocycles. The number of rotatable bonds is 7. The van der Waals surface area contributed by atoms with Crippen molar-refractivity contribution in [3.05, 3.63) is 89.0 Å². The minimum absolute atomic E-state index is 0.443. The molecule has 0 saturated carbocycles. The summed E-state index contributed by atoms with van der Waals surface area (Å²) < 4.78 is 5.62. The van der Waals surface area contributed by atoms with E-state index in [9.17, 15) is 4.79 Å². The van der Waals surface area contributed by atoms with E-state index in [4.69, 9.17) is 9.57 Å². The van der Waals surface area contributed by atoms with Crippen molar-refractivity contribution in [1.82, 2.24) is 0 Å². The molecule has 1 aliphatic rings. The number of hydrogen-bond donors (Lipinski definition) is 0. The lowest BCUT2D eigenvalue weighted by atomic mass is 10.0. The Kier molecular flexibility index (Phi) is 5.94. The molecular formula is C26H25NO3. The normalized spacial score (nSPS) is 12.3. The van der Waals surface area contributed by atoms with Gasteiger partial charge in [0.25, 0.3) is 0 Å². The van der Waals surface area contributed by atoms with Crippen molar-refractivity contribution in [1.29, 1.82) is 0 Å². The second-order valence-electron chi connectivity index (χ2n) is 7.49. The van der Waals surface area contributed by atoms with Gasteiger partial charge in [0.15, 0.2) is 0 Å². The zero-order valence-electron chi connectivity index (χ0n) is 17.4. The third-order valence-corrected chi connectivity index (χ3v) is 5.33. The molecule has 0 heterocycles. The summed E-state index contributed by atoms with van der Waals surface area (Å²) in [4.78, 5) is 17.5. The monoisotopic (exact) mass is 399 g/mol. The van der Waals surface area contributed by atoms with Crippen LogP contribution in [0.15, 0.2) is 71.9 Å². The van der Waals surface area contributed by atoms with Crippen molar-refractivity contribution < 1.29 is 14.4 Å². The average Bonchev–Trinajstić information content (AvgIpc) is 3.15. The van der Waals surface area contributed by atoms with E-state index in [2.05, 4.69) is 48.5 Å². The molecule has 0 aliphatic heterocycles. The quantitative estimate of drug-likeness (QED) is 0.165. The van der Waals surface area contributed by atoms with Gasteiger partial charge < -0.3 is 9.57 Å². The van der Waals surface area contributed by atoms with Gasteiger partial charge in [-0.15, -0.1) is 0 Å². The molecule has 0 N–H and O–H groups in total. The Morgan fingerprint density at radius 3 is 2.47 bits per heavy atom. The Morgan fingerprint density at radius 1 is 0.933 bits per heavy atom. The third-order valence-electron chi connectivity index (χ3n) is 5.33. The lowest BCUT2D eigenvalue weighted by Crippen LogP contribution is -2.04. The van der Waals surface area contributed by atoms with Crippen LogP contribution in [0, 0.1) is 0 Å². The molecular weight excluding hydrogens is 374 g/mol. The van der Waals surface area contributed by atoms with Crippen LogP contribution in [0.4, 0.5) is 0 Å². The predicted molar refractivity (Wildman–Crippen MR) is 119 cm³/mol. The van der Waals surface area contributed by atoms with Gasteiger partial charge in [0.1, 0.15) is 5.75 Å². The lowest BCUT2D eigenvalue weighted by Gasteiger charge is -2.06. The van der Waals surface area contributed by atoms with Gasteiger partial charge in [0, 0.05) is 0 Å². The van der Waals surface area contributed by atoms with Gasteiger partial charge in [-0.3, -0.25) is 0 Å². The van der Waals surface area contributed by atoms with Crippen LogP contribution < -0.4 is 4.74 Å². The molecule has 4 heteroatoms. The molecule has 30 heavy (non-hydrogen) atoms. The highest BCUT2D eigenvalue weighted by atomic mass is 16.7. The topological polar surface area (TPSA) is 47.9 Å². The smallest absolute Gasteiger partial charge is 0.365 e. The molecule has 0 fully saturated rings. The third kappa shape index (κ3) is 4.28. The van der Waals surface area contributed by atoms with Gasteiger partial charge in [-0.05, 0) is 77.9 Å². The van der Waals surface area contributed by atoms with E-state index in [0.717, 1.165) is 30.6 Å². The number of hydrogen-bond acceptors (Lipinski definition) is 4. The van der Waals surface area contributed by atoms with Crippen LogP contribution in [0.2, 0.25) is 0 Å². The Balaban J connectivity index is 1.41. The highest BCUT2D eigenvalue weighted by Crippen LogP contribution is 2.36. The van der Waals surface area contributed by atoms with Crippen LogP contribution in [0.1, 0.15) is 53.7 Å². The van der Waals surface area contributed by atoms with Crippen LogP contribution in [0.5, 0.6) is 5.75 Å². The number of nitrogens with zero attached hydrogens (tertiary/aromatic N) is 1. The van der Waals surface area contributed by atoms with Crippen LogP contribution in [-0.4, -0.2) is 18.3 Å². The summed E-state index contributed by atoms with van der Waals surface area (Å²) in [5, 5.41) is 4.06. The number of carbonyl (C=O) groups is 1. The molecule has 4 rings (SSSR count). The maximum atomic E-state index is 12.3. The molecule has 0 amide bonds. The summed E-state index contributed by atoms with van der Waals surface area (Å²) in [6, 6.07) is 21.7. The Labute approximate surface area is 177 Å².